The van der Waals surface area contributed by atoms with Crippen molar-refractivity contribution in [2.45, 2.75) is 39.5 Å². The molecule has 0 saturated carbocycles. The molecule has 3 heteroatoms. The van der Waals surface area contributed by atoms with E-state index in [1.807, 2.05) is 6.92 Å². The van der Waals surface area contributed by atoms with E-state index in [1.54, 1.807) is 6.08 Å². The van der Waals surface area contributed by atoms with Crippen molar-refractivity contribution in [1.82, 2.24) is 0 Å². The Kier molecular flexibility index (Phi) is 8.03. The number of ether oxygens (including phenoxy) is 1. The van der Waals surface area contributed by atoms with Crippen LogP contribution in [0.2, 0.25) is 0 Å². The Morgan fingerprint density at radius 2 is 2.00 bits per heavy atom. The number of allylic oxidation sites excluding steroid dienone is 3. The Hall–Kier alpha value is -1.38. The number of methoxy groups -OCH3 is 1. The van der Waals surface area contributed by atoms with Crippen LogP contribution in [0.4, 0.5) is 0 Å². The van der Waals surface area contributed by atoms with E-state index in [0.29, 0.717) is 19.3 Å². The summed E-state index contributed by atoms with van der Waals surface area (Å²) in [7, 11) is 1.30. The molecule has 1 atom stereocenters. The molecular weight excluding hydrogens is 216 g/mol. The van der Waals surface area contributed by atoms with Gasteiger partial charge in [-0.2, -0.15) is 0 Å². The summed E-state index contributed by atoms with van der Waals surface area (Å²) < 4.78 is 4.62. The van der Waals surface area contributed by atoms with Crippen LogP contribution in [0.25, 0.3) is 0 Å². The van der Waals surface area contributed by atoms with Crippen LogP contribution in [0, 0.1) is 5.92 Å². The summed E-state index contributed by atoms with van der Waals surface area (Å²) in [5, 5.41) is 0. The SMILES string of the molecule is C=CCC(C(=O)CC/C(C)=C/CC)C(=O)OC. The van der Waals surface area contributed by atoms with Crippen molar-refractivity contribution in [2.75, 3.05) is 7.11 Å². The average molecular weight is 238 g/mol. The van der Waals surface area contributed by atoms with Crippen molar-refractivity contribution in [3.05, 3.63) is 24.3 Å². The van der Waals surface area contributed by atoms with E-state index in [-0.39, 0.29) is 5.78 Å². The van der Waals surface area contributed by atoms with Gasteiger partial charge in [-0.3, -0.25) is 9.59 Å². The fraction of sp³-hybridized carbons (Fsp3) is 0.571. The molecule has 96 valence electrons. The Morgan fingerprint density at radius 3 is 2.47 bits per heavy atom. The molecule has 0 heterocycles. The first-order valence-electron chi connectivity index (χ1n) is 5.93. The first-order valence-corrected chi connectivity index (χ1v) is 5.93. The largest absolute Gasteiger partial charge is 0.468 e. The third kappa shape index (κ3) is 6.05. The van der Waals surface area contributed by atoms with Crippen molar-refractivity contribution in [1.29, 1.82) is 0 Å². The first kappa shape index (κ1) is 15.6. The van der Waals surface area contributed by atoms with Gasteiger partial charge in [-0.1, -0.05) is 24.6 Å². The van der Waals surface area contributed by atoms with E-state index in [4.69, 9.17) is 0 Å². The molecule has 0 aromatic carbocycles. The Balaban J connectivity index is 4.38. The van der Waals surface area contributed by atoms with E-state index < -0.39 is 11.9 Å². The topological polar surface area (TPSA) is 43.4 Å². The molecule has 0 N–H and O–H groups in total. The number of hydrogen-bond acceptors (Lipinski definition) is 3. The molecule has 0 aliphatic heterocycles. The third-order valence-corrected chi connectivity index (χ3v) is 2.60. The minimum absolute atomic E-state index is 0.0689. The minimum Gasteiger partial charge on any atom is -0.468 e. The maximum Gasteiger partial charge on any atom is 0.316 e. The average Bonchev–Trinajstić information content (AvgIpc) is 2.32. The molecule has 1 unspecified atom stereocenters. The van der Waals surface area contributed by atoms with Gasteiger partial charge in [0.15, 0.2) is 0 Å². The van der Waals surface area contributed by atoms with Gasteiger partial charge in [0.05, 0.1) is 7.11 Å². The van der Waals surface area contributed by atoms with Gasteiger partial charge in [0, 0.05) is 6.42 Å². The summed E-state index contributed by atoms with van der Waals surface area (Å²) in [4.78, 5) is 23.3. The third-order valence-electron chi connectivity index (χ3n) is 2.60. The van der Waals surface area contributed by atoms with Crippen LogP contribution >= 0.6 is 0 Å². The maximum absolute atomic E-state index is 11.9. The number of rotatable bonds is 8. The summed E-state index contributed by atoms with van der Waals surface area (Å²) in [6.07, 6.45) is 6.07. The zero-order valence-electron chi connectivity index (χ0n) is 11.0. The van der Waals surface area contributed by atoms with E-state index in [1.165, 1.54) is 12.7 Å². The maximum atomic E-state index is 11.9. The highest BCUT2D eigenvalue weighted by molar-refractivity contribution is 5.99. The molecule has 0 rings (SSSR count). The normalized spacial score (nSPS) is 13.0. The molecule has 0 spiro atoms. The van der Waals surface area contributed by atoms with Gasteiger partial charge in [0.25, 0.3) is 0 Å². The van der Waals surface area contributed by atoms with Crippen LogP contribution in [-0.4, -0.2) is 18.9 Å². The van der Waals surface area contributed by atoms with Crippen molar-refractivity contribution < 1.29 is 14.3 Å². The molecule has 17 heavy (non-hydrogen) atoms. The highest BCUT2D eigenvalue weighted by Crippen LogP contribution is 2.14. The lowest BCUT2D eigenvalue weighted by Crippen LogP contribution is -2.24. The monoisotopic (exact) mass is 238 g/mol. The fourth-order valence-corrected chi connectivity index (χ4v) is 1.61. The van der Waals surface area contributed by atoms with Crippen LogP contribution in [-0.2, 0) is 14.3 Å². The summed E-state index contributed by atoms with van der Waals surface area (Å²) >= 11 is 0. The van der Waals surface area contributed by atoms with E-state index in [0.717, 1.165) is 6.42 Å². The van der Waals surface area contributed by atoms with Crippen LogP contribution in [0.15, 0.2) is 24.3 Å². The second-order valence-electron chi connectivity index (χ2n) is 4.03. The smallest absolute Gasteiger partial charge is 0.316 e. The molecule has 0 aliphatic rings. The lowest BCUT2D eigenvalue weighted by atomic mass is 9.95. The van der Waals surface area contributed by atoms with E-state index in [2.05, 4.69) is 24.3 Å². The Labute approximate surface area is 104 Å². The molecule has 0 bridgehead atoms. The van der Waals surface area contributed by atoms with Gasteiger partial charge >= 0.3 is 5.97 Å². The minimum atomic E-state index is -0.688. The lowest BCUT2D eigenvalue weighted by Gasteiger charge is -2.11. The van der Waals surface area contributed by atoms with E-state index >= 15 is 0 Å². The molecule has 0 radical (unpaired) electrons. The first-order chi connectivity index (χ1) is 8.06. The molecular formula is C14H22O3. The van der Waals surface area contributed by atoms with Crippen molar-refractivity contribution >= 4 is 11.8 Å². The number of carbonyl (C=O) groups excluding carboxylic acids is 2. The van der Waals surface area contributed by atoms with Crippen LogP contribution in [0.1, 0.15) is 39.5 Å². The molecule has 0 saturated heterocycles. The Bertz CT molecular complexity index is 303. The molecule has 0 aromatic rings. The molecule has 0 fully saturated rings. The predicted octanol–water partition coefficient (Wildman–Crippen LogP) is 3.06. The molecule has 0 aromatic heterocycles. The van der Waals surface area contributed by atoms with Crippen molar-refractivity contribution in [2.24, 2.45) is 5.92 Å². The van der Waals surface area contributed by atoms with Gasteiger partial charge in [0.2, 0.25) is 0 Å². The highest BCUT2D eigenvalue weighted by Gasteiger charge is 2.25. The van der Waals surface area contributed by atoms with Crippen molar-refractivity contribution in [3.8, 4) is 0 Å². The Morgan fingerprint density at radius 1 is 1.35 bits per heavy atom. The zero-order chi connectivity index (χ0) is 13.3. The van der Waals surface area contributed by atoms with Crippen LogP contribution in [0.5, 0.6) is 0 Å². The number of carbonyl (C=O) groups is 2. The number of ketones is 1. The second-order valence-corrected chi connectivity index (χ2v) is 4.03. The lowest BCUT2D eigenvalue weighted by molar-refractivity contribution is -0.149. The van der Waals surface area contributed by atoms with Gasteiger partial charge in [-0.25, -0.2) is 0 Å². The highest BCUT2D eigenvalue weighted by atomic mass is 16.5. The van der Waals surface area contributed by atoms with Crippen LogP contribution in [0.3, 0.4) is 0 Å². The molecule has 3 nitrogen and oxygen atoms in total. The fourth-order valence-electron chi connectivity index (χ4n) is 1.61. The van der Waals surface area contributed by atoms with Gasteiger partial charge < -0.3 is 4.74 Å². The number of hydrogen-bond donors (Lipinski definition) is 0. The quantitative estimate of drug-likeness (QED) is 0.371. The second kappa shape index (κ2) is 8.74. The van der Waals surface area contributed by atoms with Gasteiger partial charge in [-0.15, -0.1) is 6.58 Å². The molecule has 0 amide bonds. The van der Waals surface area contributed by atoms with Gasteiger partial charge in [-0.05, 0) is 26.2 Å². The number of esters is 1. The summed E-state index contributed by atoms with van der Waals surface area (Å²) in [5.41, 5.74) is 1.18. The van der Waals surface area contributed by atoms with Crippen LogP contribution < -0.4 is 0 Å². The standard InChI is InChI=1S/C14H22O3/c1-5-7-11(3)9-10-13(15)12(8-6-2)14(16)17-4/h6-7,12H,2,5,8-10H2,1,3-4H3/b11-7+. The summed E-state index contributed by atoms with van der Waals surface area (Å²) in [6.45, 7) is 7.61. The van der Waals surface area contributed by atoms with Crippen molar-refractivity contribution in [3.63, 3.8) is 0 Å². The summed E-state index contributed by atoms with van der Waals surface area (Å²) in [6, 6.07) is 0. The van der Waals surface area contributed by atoms with Gasteiger partial charge in [0.1, 0.15) is 11.7 Å². The van der Waals surface area contributed by atoms with E-state index in [9.17, 15) is 9.59 Å². The zero-order valence-corrected chi connectivity index (χ0v) is 11.0. The predicted molar refractivity (Wildman–Crippen MR) is 68.6 cm³/mol. The number of Topliss-reactive ketones (excluding diaryl/α,β-unsaturated/α-hetero) is 1. The summed E-state index contributed by atoms with van der Waals surface area (Å²) in [5.74, 6) is -1.22. The molecule has 0 aliphatic carbocycles.